The number of ether oxygens (including phenoxy) is 1. The van der Waals surface area contributed by atoms with Crippen molar-refractivity contribution in [3.8, 4) is 0 Å². The molecule has 16 heavy (non-hydrogen) atoms. The summed E-state index contributed by atoms with van der Waals surface area (Å²) in [5, 5.41) is 12.0. The molecule has 1 aliphatic heterocycles. The number of anilines is 1. The van der Waals surface area contributed by atoms with Crippen molar-refractivity contribution >= 4 is 11.7 Å². The van der Waals surface area contributed by atoms with Crippen LogP contribution in [0.2, 0.25) is 0 Å². The number of aromatic nitrogens is 1. The van der Waals surface area contributed by atoms with E-state index in [-0.39, 0.29) is 11.7 Å². The standard InChI is InChI=1S/C11H14N2O3/c14-11(15)9-7-12-4-3-10(9)13-6-8-2-1-5-16-8/h3-4,7-8H,1-2,5-6H2,(H,12,13)(H,14,15)/t8-/m1/s1. The molecule has 1 aromatic rings. The monoisotopic (exact) mass is 222 g/mol. The Bertz CT molecular complexity index is 375. The number of nitrogens with zero attached hydrogens (tertiary/aromatic N) is 1. The fourth-order valence-corrected chi connectivity index (χ4v) is 1.75. The van der Waals surface area contributed by atoms with Gasteiger partial charge in [-0.25, -0.2) is 4.79 Å². The Morgan fingerprint density at radius 1 is 1.69 bits per heavy atom. The van der Waals surface area contributed by atoms with Crippen molar-refractivity contribution < 1.29 is 14.6 Å². The Hall–Kier alpha value is -1.62. The van der Waals surface area contributed by atoms with Crippen molar-refractivity contribution in [2.24, 2.45) is 0 Å². The topological polar surface area (TPSA) is 71.5 Å². The van der Waals surface area contributed by atoms with Crippen LogP contribution >= 0.6 is 0 Å². The number of aromatic carboxylic acids is 1. The minimum absolute atomic E-state index is 0.190. The van der Waals surface area contributed by atoms with Crippen LogP contribution in [0.1, 0.15) is 23.2 Å². The molecule has 0 aliphatic carbocycles. The summed E-state index contributed by atoms with van der Waals surface area (Å²) in [4.78, 5) is 14.7. The minimum atomic E-state index is -0.969. The van der Waals surface area contributed by atoms with E-state index in [1.807, 2.05) is 0 Å². The first-order valence-corrected chi connectivity index (χ1v) is 5.30. The van der Waals surface area contributed by atoms with Crippen LogP contribution < -0.4 is 5.32 Å². The number of rotatable bonds is 4. The van der Waals surface area contributed by atoms with Gasteiger partial charge in [0.25, 0.3) is 0 Å². The van der Waals surface area contributed by atoms with Gasteiger partial charge in [-0.2, -0.15) is 0 Å². The van der Waals surface area contributed by atoms with Crippen LogP contribution in [0.25, 0.3) is 0 Å². The molecule has 0 bridgehead atoms. The Morgan fingerprint density at radius 3 is 3.25 bits per heavy atom. The van der Waals surface area contributed by atoms with Gasteiger partial charge in [-0.1, -0.05) is 0 Å². The molecule has 2 N–H and O–H groups in total. The Balaban J connectivity index is 2.00. The maximum atomic E-state index is 10.9. The van der Waals surface area contributed by atoms with E-state index in [2.05, 4.69) is 10.3 Å². The molecule has 86 valence electrons. The van der Waals surface area contributed by atoms with Gasteiger partial charge in [0.2, 0.25) is 0 Å². The van der Waals surface area contributed by atoms with E-state index < -0.39 is 5.97 Å². The van der Waals surface area contributed by atoms with Gasteiger partial charge in [0.15, 0.2) is 0 Å². The molecule has 0 radical (unpaired) electrons. The molecule has 1 atom stereocenters. The lowest BCUT2D eigenvalue weighted by atomic mass is 10.2. The third kappa shape index (κ3) is 2.49. The van der Waals surface area contributed by atoms with Crippen molar-refractivity contribution in [1.29, 1.82) is 0 Å². The Labute approximate surface area is 93.5 Å². The zero-order chi connectivity index (χ0) is 11.4. The number of carboxylic acids is 1. The third-order valence-electron chi connectivity index (χ3n) is 2.60. The molecule has 1 fully saturated rings. The number of pyridine rings is 1. The van der Waals surface area contributed by atoms with E-state index in [0.29, 0.717) is 12.2 Å². The first-order valence-electron chi connectivity index (χ1n) is 5.30. The lowest BCUT2D eigenvalue weighted by Crippen LogP contribution is -2.19. The highest BCUT2D eigenvalue weighted by molar-refractivity contribution is 5.93. The second-order valence-electron chi connectivity index (χ2n) is 3.74. The van der Waals surface area contributed by atoms with Gasteiger partial charge in [0.1, 0.15) is 5.56 Å². The summed E-state index contributed by atoms with van der Waals surface area (Å²) in [6.45, 7) is 1.44. The van der Waals surface area contributed by atoms with Gasteiger partial charge in [-0.15, -0.1) is 0 Å². The summed E-state index contributed by atoms with van der Waals surface area (Å²) in [6.07, 6.45) is 5.22. The Morgan fingerprint density at radius 2 is 2.56 bits per heavy atom. The SMILES string of the molecule is O=C(O)c1cnccc1NC[C@H]1CCCO1. The van der Waals surface area contributed by atoms with Crippen molar-refractivity contribution in [2.75, 3.05) is 18.5 Å². The smallest absolute Gasteiger partial charge is 0.339 e. The lowest BCUT2D eigenvalue weighted by molar-refractivity contribution is 0.0697. The molecule has 1 aromatic heterocycles. The van der Waals surface area contributed by atoms with E-state index >= 15 is 0 Å². The molecular weight excluding hydrogens is 208 g/mol. The average molecular weight is 222 g/mol. The molecule has 0 amide bonds. The minimum Gasteiger partial charge on any atom is -0.478 e. The van der Waals surface area contributed by atoms with E-state index in [9.17, 15) is 4.79 Å². The van der Waals surface area contributed by atoms with Gasteiger partial charge in [-0.05, 0) is 18.9 Å². The van der Waals surface area contributed by atoms with Crippen LogP contribution in [0, 0.1) is 0 Å². The first kappa shape index (κ1) is 10.9. The lowest BCUT2D eigenvalue weighted by Gasteiger charge is -2.13. The maximum absolute atomic E-state index is 10.9. The Kier molecular flexibility index (Phi) is 3.36. The number of hydrogen-bond acceptors (Lipinski definition) is 4. The van der Waals surface area contributed by atoms with Crippen LogP contribution in [-0.4, -0.2) is 35.3 Å². The maximum Gasteiger partial charge on any atom is 0.339 e. The number of carboxylic acid groups (broad SMARTS) is 1. The fourth-order valence-electron chi connectivity index (χ4n) is 1.75. The van der Waals surface area contributed by atoms with Crippen molar-refractivity contribution in [1.82, 2.24) is 4.98 Å². The van der Waals surface area contributed by atoms with Crippen LogP contribution in [0.3, 0.4) is 0 Å². The predicted molar refractivity (Wildman–Crippen MR) is 58.7 cm³/mol. The fraction of sp³-hybridized carbons (Fsp3) is 0.455. The van der Waals surface area contributed by atoms with Crippen LogP contribution in [-0.2, 0) is 4.74 Å². The second-order valence-corrected chi connectivity index (χ2v) is 3.74. The van der Waals surface area contributed by atoms with Crippen LogP contribution in [0.15, 0.2) is 18.5 Å². The molecule has 0 spiro atoms. The van der Waals surface area contributed by atoms with Gasteiger partial charge in [0, 0.05) is 25.5 Å². The number of nitrogens with one attached hydrogen (secondary N) is 1. The van der Waals surface area contributed by atoms with E-state index in [1.54, 1.807) is 12.3 Å². The summed E-state index contributed by atoms with van der Waals surface area (Å²) in [6, 6.07) is 1.67. The molecule has 5 heteroatoms. The molecule has 0 unspecified atom stereocenters. The molecule has 5 nitrogen and oxygen atoms in total. The van der Waals surface area contributed by atoms with Crippen LogP contribution in [0.4, 0.5) is 5.69 Å². The first-order chi connectivity index (χ1) is 7.77. The van der Waals surface area contributed by atoms with E-state index in [0.717, 1.165) is 19.4 Å². The predicted octanol–water partition coefficient (Wildman–Crippen LogP) is 1.37. The van der Waals surface area contributed by atoms with Gasteiger partial charge < -0.3 is 15.2 Å². The van der Waals surface area contributed by atoms with E-state index in [1.165, 1.54) is 6.20 Å². The largest absolute Gasteiger partial charge is 0.478 e. The number of carbonyl (C=O) groups is 1. The summed E-state index contributed by atoms with van der Waals surface area (Å²) in [5.74, 6) is -0.969. The molecule has 0 aromatic carbocycles. The van der Waals surface area contributed by atoms with Crippen molar-refractivity contribution in [2.45, 2.75) is 18.9 Å². The van der Waals surface area contributed by atoms with Gasteiger partial charge >= 0.3 is 5.97 Å². The number of hydrogen-bond donors (Lipinski definition) is 2. The molecular formula is C11H14N2O3. The highest BCUT2D eigenvalue weighted by Crippen LogP contribution is 2.16. The molecule has 0 saturated carbocycles. The summed E-state index contributed by atoms with van der Waals surface area (Å²) >= 11 is 0. The van der Waals surface area contributed by atoms with Gasteiger partial charge in [0.05, 0.1) is 11.8 Å². The molecule has 2 heterocycles. The zero-order valence-corrected chi connectivity index (χ0v) is 8.85. The molecule has 2 rings (SSSR count). The average Bonchev–Trinajstić information content (AvgIpc) is 2.79. The van der Waals surface area contributed by atoms with Crippen molar-refractivity contribution in [3.63, 3.8) is 0 Å². The highest BCUT2D eigenvalue weighted by atomic mass is 16.5. The van der Waals surface area contributed by atoms with E-state index in [4.69, 9.17) is 9.84 Å². The molecule has 1 saturated heterocycles. The zero-order valence-electron chi connectivity index (χ0n) is 8.85. The second kappa shape index (κ2) is 4.94. The van der Waals surface area contributed by atoms with Gasteiger partial charge in [-0.3, -0.25) is 4.98 Å². The molecule has 1 aliphatic rings. The normalized spacial score (nSPS) is 19.6. The van der Waals surface area contributed by atoms with Crippen LogP contribution in [0.5, 0.6) is 0 Å². The summed E-state index contributed by atoms with van der Waals surface area (Å²) in [5.41, 5.74) is 0.790. The summed E-state index contributed by atoms with van der Waals surface area (Å²) < 4.78 is 5.45. The van der Waals surface area contributed by atoms with Crippen molar-refractivity contribution in [3.05, 3.63) is 24.0 Å². The quantitative estimate of drug-likeness (QED) is 0.805. The third-order valence-corrected chi connectivity index (χ3v) is 2.60. The highest BCUT2D eigenvalue weighted by Gasteiger charge is 2.16. The summed E-state index contributed by atoms with van der Waals surface area (Å²) in [7, 11) is 0.